The van der Waals surface area contributed by atoms with Crippen molar-refractivity contribution < 1.29 is 9.47 Å². The lowest BCUT2D eigenvalue weighted by Gasteiger charge is -2.22. The first-order chi connectivity index (χ1) is 12.3. The third kappa shape index (κ3) is 3.47. The topological polar surface area (TPSA) is 30.5 Å². The van der Waals surface area contributed by atoms with Gasteiger partial charge in [0.05, 0.1) is 0 Å². The van der Waals surface area contributed by atoms with Crippen molar-refractivity contribution in [2.45, 2.75) is 25.9 Å². The maximum atomic E-state index is 5.72. The molecule has 0 fully saturated rings. The summed E-state index contributed by atoms with van der Waals surface area (Å²) in [5.41, 5.74) is 2.54. The number of rotatable bonds is 5. The maximum absolute atomic E-state index is 5.72. The molecule has 0 unspecified atom stereocenters. The number of fused-ring (bicyclic) bond motifs is 2. The number of ether oxygens (including phenoxy) is 2. The van der Waals surface area contributed by atoms with E-state index in [-0.39, 0.29) is 0 Å². The Bertz CT molecular complexity index is 875. The summed E-state index contributed by atoms with van der Waals surface area (Å²) in [5, 5.41) is 6.25. The van der Waals surface area contributed by atoms with Gasteiger partial charge in [-0.25, -0.2) is 0 Å². The molecule has 0 saturated heterocycles. The Morgan fingerprint density at radius 1 is 0.880 bits per heavy atom. The van der Waals surface area contributed by atoms with Crippen molar-refractivity contribution >= 4 is 10.8 Å². The number of hydrogen-bond donors (Lipinski definition) is 1. The molecule has 1 heterocycles. The van der Waals surface area contributed by atoms with E-state index >= 15 is 0 Å². The van der Waals surface area contributed by atoms with Crippen molar-refractivity contribution in [1.82, 2.24) is 5.32 Å². The van der Waals surface area contributed by atoms with Crippen molar-refractivity contribution in [3.63, 3.8) is 0 Å². The van der Waals surface area contributed by atoms with Crippen LogP contribution < -0.4 is 14.8 Å². The molecule has 0 aliphatic carbocycles. The minimum absolute atomic E-state index is 0.294. The molecule has 1 N–H and O–H groups in total. The average molecular weight is 333 g/mol. The third-order valence-electron chi connectivity index (χ3n) is 4.74. The van der Waals surface area contributed by atoms with Crippen LogP contribution in [-0.2, 0) is 6.54 Å². The van der Waals surface area contributed by atoms with Gasteiger partial charge in [0, 0.05) is 12.6 Å². The summed E-state index contributed by atoms with van der Waals surface area (Å²) >= 11 is 0. The Labute approximate surface area is 148 Å². The first kappa shape index (κ1) is 16.0. The van der Waals surface area contributed by atoms with Crippen LogP contribution in [0.4, 0.5) is 0 Å². The average Bonchev–Trinajstić information content (AvgIpc) is 2.68. The maximum Gasteiger partial charge on any atom is 0.161 e. The van der Waals surface area contributed by atoms with Gasteiger partial charge >= 0.3 is 0 Å². The quantitative estimate of drug-likeness (QED) is 0.724. The van der Waals surface area contributed by atoms with Gasteiger partial charge in [0.25, 0.3) is 0 Å². The van der Waals surface area contributed by atoms with E-state index in [9.17, 15) is 0 Å². The molecule has 25 heavy (non-hydrogen) atoms. The van der Waals surface area contributed by atoms with E-state index in [4.69, 9.17) is 9.47 Å². The van der Waals surface area contributed by atoms with E-state index in [1.54, 1.807) is 0 Å². The third-order valence-corrected chi connectivity index (χ3v) is 4.74. The number of benzene rings is 3. The summed E-state index contributed by atoms with van der Waals surface area (Å²) in [6.07, 6.45) is 1.02. The molecule has 0 spiro atoms. The van der Waals surface area contributed by atoms with E-state index < -0.39 is 0 Å². The molecule has 0 aromatic heterocycles. The van der Waals surface area contributed by atoms with Crippen molar-refractivity contribution in [3.8, 4) is 11.5 Å². The zero-order chi connectivity index (χ0) is 17.1. The van der Waals surface area contributed by atoms with Gasteiger partial charge in [-0.2, -0.15) is 0 Å². The van der Waals surface area contributed by atoms with Crippen LogP contribution >= 0.6 is 0 Å². The highest BCUT2D eigenvalue weighted by Gasteiger charge is 2.15. The van der Waals surface area contributed by atoms with Gasteiger partial charge in [0.15, 0.2) is 11.5 Å². The van der Waals surface area contributed by atoms with E-state index in [1.807, 2.05) is 6.07 Å². The Balaban J connectivity index is 1.49. The van der Waals surface area contributed by atoms with E-state index in [0.717, 1.165) is 24.5 Å². The zero-order valence-corrected chi connectivity index (χ0v) is 14.5. The molecule has 3 aromatic rings. The summed E-state index contributed by atoms with van der Waals surface area (Å²) in [4.78, 5) is 0. The molecule has 1 aliphatic rings. The Morgan fingerprint density at radius 2 is 1.68 bits per heavy atom. The first-order valence-corrected chi connectivity index (χ1v) is 8.94. The Morgan fingerprint density at radius 3 is 2.52 bits per heavy atom. The van der Waals surface area contributed by atoms with Crippen molar-refractivity contribution in [1.29, 1.82) is 0 Å². The second-order valence-electron chi connectivity index (χ2n) is 6.43. The molecule has 0 saturated carbocycles. The molecule has 128 valence electrons. The SMILES string of the molecule is CC[C@@H](NCc1ccc2ccccc2c1)c1ccc2c(c1)OCCO2. The van der Waals surface area contributed by atoms with Crippen LogP contribution in [0.25, 0.3) is 10.8 Å². The number of hydrogen-bond acceptors (Lipinski definition) is 3. The van der Waals surface area contributed by atoms with Crippen LogP contribution in [-0.4, -0.2) is 13.2 Å². The minimum atomic E-state index is 0.294. The molecule has 0 radical (unpaired) electrons. The normalized spacial score (nSPS) is 14.4. The van der Waals surface area contributed by atoms with Crippen LogP contribution in [0.5, 0.6) is 11.5 Å². The second-order valence-corrected chi connectivity index (χ2v) is 6.43. The van der Waals surface area contributed by atoms with E-state index in [1.165, 1.54) is 21.9 Å². The molecule has 0 amide bonds. The summed E-state index contributed by atoms with van der Waals surface area (Å²) in [7, 11) is 0. The summed E-state index contributed by atoms with van der Waals surface area (Å²) in [6, 6.07) is 21.7. The zero-order valence-electron chi connectivity index (χ0n) is 14.5. The highest BCUT2D eigenvalue weighted by molar-refractivity contribution is 5.82. The second kappa shape index (κ2) is 7.16. The van der Waals surface area contributed by atoms with Crippen LogP contribution in [0, 0.1) is 0 Å². The molecule has 3 heteroatoms. The predicted molar refractivity (Wildman–Crippen MR) is 101 cm³/mol. The van der Waals surface area contributed by atoms with Gasteiger partial charge in [0.2, 0.25) is 0 Å². The minimum Gasteiger partial charge on any atom is -0.486 e. The lowest BCUT2D eigenvalue weighted by Crippen LogP contribution is -2.21. The van der Waals surface area contributed by atoms with Gasteiger partial charge in [-0.1, -0.05) is 49.4 Å². The summed E-state index contributed by atoms with van der Waals surface area (Å²) in [6.45, 7) is 4.30. The van der Waals surface area contributed by atoms with Crippen molar-refractivity contribution in [3.05, 3.63) is 71.8 Å². The first-order valence-electron chi connectivity index (χ1n) is 8.94. The highest BCUT2D eigenvalue weighted by Crippen LogP contribution is 2.33. The predicted octanol–water partition coefficient (Wildman–Crippen LogP) is 4.85. The van der Waals surface area contributed by atoms with E-state index in [2.05, 4.69) is 66.8 Å². The largest absolute Gasteiger partial charge is 0.486 e. The van der Waals surface area contributed by atoms with E-state index in [0.29, 0.717) is 19.3 Å². The number of nitrogens with one attached hydrogen (secondary N) is 1. The standard InChI is InChI=1S/C22H23NO2/c1-2-20(19-9-10-21-22(14-19)25-12-11-24-21)23-15-16-7-8-17-5-3-4-6-18(17)13-16/h3-10,13-14,20,23H,2,11-12,15H2,1H3/t20-/m1/s1. The molecule has 3 aromatic carbocycles. The molecule has 3 nitrogen and oxygen atoms in total. The molecule has 1 atom stereocenters. The fourth-order valence-corrected chi connectivity index (χ4v) is 3.36. The van der Waals surface area contributed by atoms with Crippen LogP contribution in [0.1, 0.15) is 30.5 Å². The van der Waals surface area contributed by atoms with Gasteiger partial charge in [-0.3, -0.25) is 0 Å². The molecular formula is C22H23NO2. The van der Waals surface area contributed by atoms with Crippen LogP contribution in [0.2, 0.25) is 0 Å². The smallest absolute Gasteiger partial charge is 0.161 e. The molecule has 4 rings (SSSR count). The van der Waals surface area contributed by atoms with Crippen LogP contribution in [0.3, 0.4) is 0 Å². The summed E-state index contributed by atoms with van der Waals surface area (Å²) < 4.78 is 11.3. The summed E-state index contributed by atoms with van der Waals surface area (Å²) in [5.74, 6) is 1.70. The van der Waals surface area contributed by atoms with Gasteiger partial charge < -0.3 is 14.8 Å². The lowest BCUT2D eigenvalue weighted by molar-refractivity contribution is 0.171. The van der Waals surface area contributed by atoms with Gasteiger partial charge in [-0.05, 0) is 46.5 Å². The van der Waals surface area contributed by atoms with Crippen molar-refractivity contribution in [2.24, 2.45) is 0 Å². The van der Waals surface area contributed by atoms with Crippen molar-refractivity contribution in [2.75, 3.05) is 13.2 Å². The monoisotopic (exact) mass is 333 g/mol. The van der Waals surface area contributed by atoms with Gasteiger partial charge in [0.1, 0.15) is 13.2 Å². The lowest BCUT2D eigenvalue weighted by atomic mass is 10.0. The fourth-order valence-electron chi connectivity index (χ4n) is 3.36. The molecule has 0 bridgehead atoms. The highest BCUT2D eigenvalue weighted by atomic mass is 16.6. The Hall–Kier alpha value is -2.52. The molecular weight excluding hydrogens is 310 g/mol. The Kier molecular flexibility index (Phi) is 4.57. The van der Waals surface area contributed by atoms with Gasteiger partial charge in [-0.15, -0.1) is 0 Å². The molecule has 1 aliphatic heterocycles. The van der Waals surface area contributed by atoms with Crippen LogP contribution in [0.15, 0.2) is 60.7 Å². The fraction of sp³-hybridized carbons (Fsp3) is 0.273.